The Morgan fingerprint density at radius 2 is 2.28 bits per heavy atom. The maximum atomic E-state index is 10.7. The summed E-state index contributed by atoms with van der Waals surface area (Å²) in [5.41, 5.74) is 0.886. The van der Waals surface area contributed by atoms with Crippen LogP contribution in [-0.4, -0.2) is 22.7 Å². The molecular formula is C12H10N2O4. The predicted octanol–water partition coefficient (Wildman–Crippen LogP) is 1.92. The number of para-hydroxylation sites is 1. The van der Waals surface area contributed by atoms with E-state index in [1.165, 1.54) is 0 Å². The molecule has 1 aromatic carbocycles. The summed E-state index contributed by atoms with van der Waals surface area (Å²) >= 11 is 0. The molecule has 0 saturated carbocycles. The minimum Gasteiger partial charge on any atom is -0.491 e. The van der Waals surface area contributed by atoms with Crippen molar-refractivity contribution in [1.82, 2.24) is 4.98 Å². The standard InChI is InChI=1S/C12H10N2O4/c15-11(16)9-6-18-12(14-9)13-8-5-17-10-4-2-1-3-7(8)10/h1-4,6,8H,5H2,(H,13,14)(H,15,16). The Kier molecular flexibility index (Phi) is 2.40. The molecule has 18 heavy (non-hydrogen) atoms. The largest absolute Gasteiger partial charge is 0.491 e. The minimum absolute atomic E-state index is 0.0819. The lowest BCUT2D eigenvalue weighted by Gasteiger charge is -2.08. The number of carboxylic acids is 1. The number of nitrogens with one attached hydrogen (secondary N) is 1. The van der Waals surface area contributed by atoms with Crippen LogP contribution in [0.4, 0.5) is 6.01 Å². The summed E-state index contributed by atoms with van der Waals surface area (Å²) < 4.78 is 10.5. The molecule has 1 atom stereocenters. The van der Waals surface area contributed by atoms with Crippen molar-refractivity contribution < 1.29 is 19.1 Å². The second kappa shape index (κ2) is 4.06. The number of aromatic carboxylic acids is 1. The van der Waals surface area contributed by atoms with Gasteiger partial charge >= 0.3 is 5.97 Å². The third-order valence-electron chi connectivity index (χ3n) is 2.72. The summed E-state index contributed by atoms with van der Waals surface area (Å²) in [5, 5.41) is 11.7. The highest BCUT2D eigenvalue weighted by Crippen LogP contribution is 2.33. The summed E-state index contributed by atoms with van der Waals surface area (Å²) in [4.78, 5) is 14.5. The van der Waals surface area contributed by atoms with Crippen molar-refractivity contribution >= 4 is 12.0 Å². The van der Waals surface area contributed by atoms with Crippen molar-refractivity contribution in [2.75, 3.05) is 11.9 Å². The fourth-order valence-electron chi connectivity index (χ4n) is 1.87. The van der Waals surface area contributed by atoms with E-state index < -0.39 is 5.97 Å². The van der Waals surface area contributed by atoms with Gasteiger partial charge in [-0.1, -0.05) is 18.2 Å². The lowest BCUT2D eigenvalue weighted by Crippen LogP contribution is -2.12. The van der Waals surface area contributed by atoms with E-state index in [1.54, 1.807) is 0 Å². The van der Waals surface area contributed by atoms with Gasteiger partial charge in [-0.25, -0.2) is 4.79 Å². The molecule has 1 aromatic heterocycles. The fraction of sp³-hybridized carbons (Fsp3) is 0.167. The average molecular weight is 246 g/mol. The first-order valence-corrected chi connectivity index (χ1v) is 5.41. The van der Waals surface area contributed by atoms with E-state index in [1.807, 2.05) is 24.3 Å². The van der Waals surface area contributed by atoms with Gasteiger partial charge in [0.1, 0.15) is 18.6 Å². The first kappa shape index (κ1) is 10.6. The number of aromatic nitrogens is 1. The van der Waals surface area contributed by atoms with Crippen LogP contribution in [0.25, 0.3) is 0 Å². The van der Waals surface area contributed by atoms with Gasteiger partial charge in [0.05, 0.1) is 6.04 Å². The molecular weight excluding hydrogens is 236 g/mol. The maximum Gasteiger partial charge on any atom is 0.357 e. The topological polar surface area (TPSA) is 84.6 Å². The Bertz CT molecular complexity index is 593. The molecule has 6 heteroatoms. The van der Waals surface area contributed by atoms with E-state index in [9.17, 15) is 4.79 Å². The molecule has 2 heterocycles. The van der Waals surface area contributed by atoms with Crippen LogP contribution in [0.3, 0.4) is 0 Å². The third kappa shape index (κ3) is 1.77. The highest BCUT2D eigenvalue weighted by molar-refractivity contribution is 5.85. The number of carbonyl (C=O) groups is 1. The predicted molar refractivity (Wildman–Crippen MR) is 61.8 cm³/mol. The number of hydrogen-bond acceptors (Lipinski definition) is 5. The number of rotatable bonds is 3. The molecule has 1 aliphatic rings. The average Bonchev–Trinajstić information content (AvgIpc) is 2.98. The zero-order chi connectivity index (χ0) is 12.5. The molecule has 3 rings (SSSR count). The monoisotopic (exact) mass is 246 g/mol. The van der Waals surface area contributed by atoms with Crippen LogP contribution in [0.2, 0.25) is 0 Å². The molecule has 0 spiro atoms. The fourth-order valence-corrected chi connectivity index (χ4v) is 1.87. The number of anilines is 1. The number of ether oxygens (including phenoxy) is 1. The van der Waals surface area contributed by atoms with E-state index in [0.717, 1.165) is 17.6 Å². The zero-order valence-electron chi connectivity index (χ0n) is 9.29. The van der Waals surface area contributed by atoms with Crippen molar-refractivity contribution in [3.05, 3.63) is 41.8 Å². The summed E-state index contributed by atoms with van der Waals surface area (Å²) in [6, 6.07) is 7.74. The molecule has 0 radical (unpaired) electrons. The Morgan fingerprint density at radius 1 is 1.44 bits per heavy atom. The highest BCUT2D eigenvalue weighted by Gasteiger charge is 2.25. The Morgan fingerprint density at radius 3 is 3.06 bits per heavy atom. The Hall–Kier alpha value is -2.50. The molecule has 1 unspecified atom stereocenters. The number of carboxylic acid groups (broad SMARTS) is 1. The third-order valence-corrected chi connectivity index (χ3v) is 2.72. The number of benzene rings is 1. The maximum absolute atomic E-state index is 10.7. The zero-order valence-corrected chi connectivity index (χ0v) is 9.29. The van der Waals surface area contributed by atoms with E-state index in [-0.39, 0.29) is 17.8 Å². The second-order valence-electron chi connectivity index (χ2n) is 3.89. The first-order valence-electron chi connectivity index (χ1n) is 5.41. The summed E-state index contributed by atoms with van der Waals surface area (Å²) in [6.45, 7) is 0.462. The minimum atomic E-state index is -1.12. The van der Waals surface area contributed by atoms with Crippen LogP contribution >= 0.6 is 0 Å². The first-order chi connectivity index (χ1) is 8.74. The van der Waals surface area contributed by atoms with E-state index in [2.05, 4.69) is 10.3 Å². The lowest BCUT2D eigenvalue weighted by molar-refractivity contribution is 0.0690. The number of oxazole rings is 1. The van der Waals surface area contributed by atoms with Gasteiger partial charge in [0, 0.05) is 5.56 Å². The van der Waals surface area contributed by atoms with Crippen LogP contribution in [0.1, 0.15) is 22.1 Å². The van der Waals surface area contributed by atoms with Crippen molar-refractivity contribution in [2.45, 2.75) is 6.04 Å². The van der Waals surface area contributed by atoms with Crippen LogP contribution in [0.15, 0.2) is 34.9 Å². The van der Waals surface area contributed by atoms with Gasteiger partial charge in [-0.2, -0.15) is 4.98 Å². The molecule has 92 valence electrons. The van der Waals surface area contributed by atoms with Crippen molar-refractivity contribution in [2.24, 2.45) is 0 Å². The number of hydrogen-bond donors (Lipinski definition) is 2. The molecule has 0 amide bonds. The molecule has 0 bridgehead atoms. The van der Waals surface area contributed by atoms with Crippen LogP contribution in [0.5, 0.6) is 5.75 Å². The molecule has 0 fully saturated rings. The van der Waals surface area contributed by atoms with Gasteiger partial charge in [-0.3, -0.25) is 0 Å². The van der Waals surface area contributed by atoms with E-state index in [4.69, 9.17) is 14.3 Å². The van der Waals surface area contributed by atoms with Crippen LogP contribution < -0.4 is 10.1 Å². The number of fused-ring (bicyclic) bond motifs is 1. The summed E-state index contributed by atoms with van der Waals surface area (Å²) in [5.74, 6) is -0.296. The van der Waals surface area contributed by atoms with Crippen molar-refractivity contribution in [3.63, 3.8) is 0 Å². The van der Waals surface area contributed by atoms with E-state index >= 15 is 0 Å². The molecule has 1 aliphatic heterocycles. The van der Waals surface area contributed by atoms with Gasteiger partial charge in [0.2, 0.25) is 0 Å². The smallest absolute Gasteiger partial charge is 0.357 e. The van der Waals surface area contributed by atoms with E-state index in [0.29, 0.717) is 6.61 Å². The quantitative estimate of drug-likeness (QED) is 0.860. The number of nitrogens with zero attached hydrogens (tertiary/aromatic N) is 1. The molecule has 0 aliphatic carbocycles. The molecule has 0 saturated heterocycles. The van der Waals surface area contributed by atoms with Crippen molar-refractivity contribution in [1.29, 1.82) is 0 Å². The highest BCUT2D eigenvalue weighted by atomic mass is 16.5. The van der Waals surface area contributed by atoms with Gasteiger partial charge in [0.15, 0.2) is 5.69 Å². The molecule has 2 aromatic rings. The normalized spacial score (nSPS) is 17.0. The van der Waals surface area contributed by atoms with Gasteiger partial charge in [-0.05, 0) is 6.07 Å². The van der Waals surface area contributed by atoms with Gasteiger partial charge in [-0.15, -0.1) is 0 Å². The SMILES string of the molecule is O=C(O)c1coc(NC2COc3ccccc32)n1. The molecule has 6 nitrogen and oxygen atoms in total. The summed E-state index contributed by atoms with van der Waals surface area (Å²) in [7, 11) is 0. The van der Waals surface area contributed by atoms with Crippen molar-refractivity contribution in [3.8, 4) is 5.75 Å². The van der Waals surface area contributed by atoms with Crippen LogP contribution in [-0.2, 0) is 0 Å². The molecule has 2 N–H and O–H groups in total. The summed E-state index contributed by atoms with van der Waals surface area (Å²) in [6.07, 6.45) is 1.10. The van der Waals surface area contributed by atoms with Gasteiger partial charge < -0.3 is 19.6 Å². The Balaban J connectivity index is 1.80. The Labute approximate surface area is 102 Å². The second-order valence-corrected chi connectivity index (χ2v) is 3.89. The lowest BCUT2D eigenvalue weighted by atomic mass is 10.1. The van der Waals surface area contributed by atoms with Crippen LogP contribution in [0, 0.1) is 0 Å². The van der Waals surface area contributed by atoms with Gasteiger partial charge in [0.25, 0.3) is 6.01 Å².